The molecule has 0 radical (unpaired) electrons. The van der Waals surface area contributed by atoms with Gasteiger partial charge in [0.25, 0.3) is 0 Å². The van der Waals surface area contributed by atoms with Crippen molar-refractivity contribution in [2.75, 3.05) is 13.1 Å². The van der Waals surface area contributed by atoms with E-state index >= 15 is 0 Å². The molecular formula is C25H27N. The molecule has 4 rings (SSSR count). The summed E-state index contributed by atoms with van der Waals surface area (Å²) in [6.45, 7) is 8.88. The number of hydrogen-bond acceptors (Lipinski definition) is 1. The minimum Gasteiger partial charge on any atom is -0.293 e. The summed E-state index contributed by atoms with van der Waals surface area (Å²) in [5, 5.41) is 0. The van der Waals surface area contributed by atoms with Gasteiger partial charge < -0.3 is 0 Å². The Kier molecular flexibility index (Phi) is 4.65. The van der Waals surface area contributed by atoms with Crippen LogP contribution in [0.2, 0.25) is 0 Å². The van der Waals surface area contributed by atoms with Gasteiger partial charge in [0, 0.05) is 0 Å². The molecule has 0 N–H and O–H groups in total. The lowest BCUT2D eigenvalue weighted by atomic mass is 9.88. The molecule has 3 aromatic rings. The molecule has 132 valence electrons. The second-order valence-corrected chi connectivity index (χ2v) is 7.19. The van der Waals surface area contributed by atoms with Gasteiger partial charge in [0.2, 0.25) is 0 Å². The first-order valence-electron chi connectivity index (χ1n) is 9.74. The highest BCUT2D eigenvalue weighted by Crippen LogP contribution is 2.44. The molecule has 1 heteroatoms. The molecule has 1 nitrogen and oxygen atoms in total. The largest absolute Gasteiger partial charge is 0.293 e. The van der Waals surface area contributed by atoms with Crippen molar-refractivity contribution < 1.29 is 0 Å². The Bertz CT molecular complexity index is 907. The molecule has 0 spiro atoms. The van der Waals surface area contributed by atoms with Gasteiger partial charge in [-0.15, -0.1) is 0 Å². The fourth-order valence-corrected chi connectivity index (χ4v) is 4.52. The molecule has 0 aliphatic heterocycles. The normalized spacial score (nSPS) is 13.5. The number of aryl methyl sites for hydroxylation is 1. The molecule has 0 aromatic heterocycles. The maximum absolute atomic E-state index is 2.57. The topological polar surface area (TPSA) is 3.24 Å². The molecule has 3 aromatic carbocycles. The van der Waals surface area contributed by atoms with Gasteiger partial charge in [-0.25, -0.2) is 0 Å². The van der Waals surface area contributed by atoms with E-state index in [-0.39, 0.29) is 0 Å². The van der Waals surface area contributed by atoms with Gasteiger partial charge in [0.05, 0.1) is 6.04 Å². The van der Waals surface area contributed by atoms with Crippen LogP contribution in [0.3, 0.4) is 0 Å². The van der Waals surface area contributed by atoms with Crippen LogP contribution >= 0.6 is 0 Å². The molecule has 1 aliphatic carbocycles. The van der Waals surface area contributed by atoms with Crippen LogP contribution in [-0.4, -0.2) is 18.0 Å². The summed E-state index contributed by atoms with van der Waals surface area (Å²) >= 11 is 0. The van der Waals surface area contributed by atoms with Gasteiger partial charge in [-0.05, 0) is 65.4 Å². The van der Waals surface area contributed by atoms with Crippen molar-refractivity contribution in [1.82, 2.24) is 4.90 Å². The average Bonchev–Trinajstić information content (AvgIpc) is 3.08. The molecule has 1 aliphatic rings. The number of nitrogens with zero attached hydrogens (tertiary/aromatic N) is 1. The molecule has 0 saturated carbocycles. The first-order chi connectivity index (χ1) is 12.7. The molecule has 1 unspecified atom stereocenters. The van der Waals surface area contributed by atoms with E-state index in [1.807, 2.05) is 0 Å². The fourth-order valence-electron chi connectivity index (χ4n) is 4.52. The van der Waals surface area contributed by atoms with E-state index in [1.54, 1.807) is 0 Å². The lowest BCUT2D eigenvalue weighted by Gasteiger charge is -2.32. The van der Waals surface area contributed by atoms with Gasteiger partial charge in [-0.2, -0.15) is 0 Å². The Balaban J connectivity index is 1.92. The zero-order chi connectivity index (χ0) is 18.1. The summed E-state index contributed by atoms with van der Waals surface area (Å²) in [5.41, 5.74) is 10.1. The van der Waals surface area contributed by atoms with E-state index < -0.39 is 0 Å². The Labute approximate surface area is 157 Å². The van der Waals surface area contributed by atoms with Crippen molar-refractivity contribution in [3.05, 3.63) is 94.5 Å². The van der Waals surface area contributed by atoms with Crippen molar-refractivity contribution in [2.24, 2.45) is 0 Å². The van der Waals surface area contributed by atoms with Gasteiger partial charge in [-0.3, -0.25) is 4.90 Å². The predicted molar refractivity (Wildman–Crippen MR) is 111 cm³/mol. The van der Waals surface area contributed by atoms with Gasteiger partial charge in [0.15, 0.2) is 0 Å². The van der Waals surface area contributed by atoms with Crippen molar-refractivity contribution >= 4 is 0 Å². The number of rotatable bonds is 5. The highest BCUT2D eigenvalue weighted by atomic mass is 15.1. The summed E-state index contributed by atoms with van der Waals surface area (Å²) in [6, 6.07) is 24.9. The molecule has 26 heavy (non-hydrogen) atoms. The SMILES string of the molecule is CCN(CC)C(c1ccccc1)c1ccc(C)c2c1Cc1ccccc1-2. The zero-order valence-corrected chi connectivity index (χ0v) is 16.0. The standard InChI is InChI=1S/C25H27N/c1-4-26(5-2)25(19-11-7-6-8-12-19)22-16-15-18(3)24-21-14-10-9-13-20(21)17-23(22)24/h6-16,25H,4-5,17H2,1-3H3. The lowest BCUT2D eigenvalue weighted by Crippen LogP contribution is -2.30. The van der Waals surface area contributed by atoms with Crippen molar-refractivity contribution in [3.8, 4) is 11.1 Å². The van der Waals surface area contributed by atoms with Crippen molar-refractivity contribution in [1.29, 1.82) is 0 Å². The third kappa shape index (κ3) is 2.77. The monoisotopic (exact) mass is 341 g/mol. The first kappa shape index (κ1) is 17.1. The summed E-state index contributed by atoms with van der Waals surface area (Å²) in [7, 11) is 0. The summed E-state index contributed by atoms with van der Waals surface area (Å²) in [4.78, 5) is 2.57. The predicted octanol–water partition coefficient (Wildman–Crippen LogP) is 6.00. The average molecular weight is 341 g/mol. The summed E-state index contributed by atoms with van der Waals surface area (Å²) in [6.07, 6.45) is 1.05. The van der Waals surface area contributed by atoms with Crippen molar-refractivity contribution in [2.45, 2.75) is 33.2 Å². The summed E-state index contributed by atoms with van der Waals surface area (Å²) in [5.74, 6) is 0. The van der Waals surface area contributed by atoms with Gasteiger partial charge in [0.1, 0.15) is 0 Å². The van der Waals surface area contributed by atoms with Crippen LogP contribution in [-0.2, 0) is 6.42 Å². The Morgan fingerprint density at radius 3 is 2.27 bits per heavy atom. The lowest BCUT2D eigenvalue weighted by molar-refractivity contribution is 0.250. The van der Waals surface area contributed by atoms with Crippen molar-refractivity contribution in [3.63, 3.8) is 0 Å². The van der Waals surface area contributed by atoms with Crippen LogP contribution < -0.4 is 0 Å². The fraction of sp³-hybridized carbons (Fsp3) is 0.280. The second kappa shape index (κ2) is 7.09. The Hall–Kier alpha value is -2.38. The Morgan fingerprint density at radius 1 is 0.846 bits per heavy atom. The highest BCUT2D eigenvalue weighted by Gasteiger charge is 2.28. The van der Waals surface area contributed by atoms with E-state index in [0.717, 1.165) is 19.5 Å². The molecule has 0 fully saturated rings. The number of hydrogen-bond donors (Lipinski definition) is 0. The van der Waals surface area contributed by atoms with Crippen LogP contribution in [0.4, 0.5) is 0 Å². The second-order valence-electron chi connectivity index (χ2n) is 7.19. The quantitative estimate of drug-likeness (QED) is 0.430. The van der Waals surface area contributed by atoms with E-state index in [0.29, 0.717) is 6.04 Å². The Morgan fingerprint density at radius 2 is 1.54 bits per heavy atom. The van der Waals surface area contributed by atoms with Crippen LogP contribution in [0.5, 0.6) is 0 Å². The minimum atomic E-state index is 0.315. The molecule has 1 atom stereocenters. The van der Waals surface area contributed by atoms with E-state index in [9.17, 15) is 0 Å². The van der Waals surface area contributed by atoms with E-state index in [1.165, 1.54) is 38.9 Å². The molecule has 0 bridgehead atoms. The maximum Gasteiger partial charge on any atom is 0.0604 e. The van der Waals surface area contributed by atoms with E-state index in [4.69, 9.17) is 0 Å². The van der Waals surface area contributed by atoms with Crippen LogP contribution in [0.1, 0.15) is 47.7 Å². The zero-order valence-electron chi connectivity index (χ0n) is 16.0. The highest BCUT2D eigenvalue weighted by molar-refractivity contribution is 5.81. The van der Waals surface area contributed by atoms with E-state index in [2.05, 4.69) is 92.4 Å². The molecule has 0 saturated heterocycles. The smallest absolute Gasteiger partial charge is 0.0604 e. The van der Waals surface area contributed by atoms with Crippen LogP contribution in [0.25, 0.3) is 11.1 Å². The number of fused-ring (bicyclic) bond motifs is 3. The summed E-state index contributed by atoms with van der Waals surface area (Å²) < 4.78 is 0. The molecule has 0 heterocycles. The third-order valence-electron chi connectivity index (χ3n) is 5.80. The molecular weight excluding hydrogens is 314 g/mol. The van der Waals surface area contributed by atoms with Crippen LogP contribution in [0.15, 0.2) is 66.7 Å². The first-order valence-corrected chi connectivity index (χ1v) is 9.74. The number of benzene rings is 3. The maximum atomic E-state index is 2.57. The minimum absolute atomic E-state index is 0.315. The van der Waals surface area contributed by atoms with Gasteiger partial charge in [-0.1, -0.05) is 80.6 Å². The molecule has 0 amide bonds. The van der Waals surface area contributed by atoms with Crippen LogP contribution in [0, 0.1) is 6.92 Å². The van der Waals surface area contributed by atoms with Gasteiger partial charge >= 0.3 is 0 Å². The third-order valence-corrected chi connectivity index (χ3v) is 5.80.